The molecule has 1 fully saturated rings. The maximum atomic E-state index is 12.3. The Morgan fingerprint density at radius 2 is 2.23 bits per heavy atom. The van der Waals surface area contributed by atoms with E-state index in [1.165, 1.54) is 0 Å². The second kappa shape index (κ2) is 9.59. The van der Waals surface area contributed by atoms with Crippen molar-refractivity contribution in [2.45, 2.75) is 38.8 Å². The van der Waals surface area contributed by atoms with E-state index in [9.17, 15) is 4.79 Å². The van der Waals surface area contributed by atoms with E-state index in [-0.39, 0.29) is 24.0 Å². The van der Waals surface area contributed by atoms with E-state index in [2.05, 4.69) is 30.7 Å². The van der Waals surface area contributed by atoms with Gasteiger partial charge in [0.1, 0.15) is 0 Å². The van der Waals surface area contributed by atoms with Crippen LogP contribution in [0.15, 0.2) is 37.0 Å². The Morgan fingerprint density at radius 3 is 2.73 bits per heavy atom. The van der Waals surface area contributed by atoms with Gasteiger partial charge in [0.2, 0.25) is 5.91 Å². The molecule has 0 aromatic carbocycles. The summed E-state index contributed by atoms with van der Waals surface area (Å²) in [6.45, 7) is 13.2. The van der Waals surface area contributed by atoms with Crippen LogP contribution < -0.4 is 10.6 Å². The number of rotatable bonds is 9. The van der Waals surface area contributed by atoms with E-state index < -0.39 is 0 Å². The van der Waals surface area contributed by atoms with Crippen LogP contribution in [-0.2, 0) is 9.53 Å². The normalized spacial score (nSPS) is 24.6. The van der Waals surface area contributed by atoms with E-state index >= 15 is 0 Å². The van der Waals surface area contributed by atoms with Crippen LogP contribution in [-0.4, -0.2) is 38.3 Å². The average Bonchev–Trinajstić information content (AvgIpc) is 2.93. The molecule has 0 aromatic heterocycles. The van der Waals surface area contributed by atoms with Gasteiger partial charge in [-0.1, -0.05) is 45.2 Å². The highest BCUT2D eigenvalue weighted by Crippen LogP contribution is 2.22. The van der Waals surface area contributed by atoms with Crippen LogP contribution in [0.2, 0.25) is 0 Å². The minimum atomic E-state index is -0.177. The molecule has 1 saturated heterocycles. The second-order valence-corrected chi connectivity index (χ2v) is 6.07. The van der Waals surface area contributed by atoms with E-state index in [1.807, 2.05) is 13.0 Å². The summed E-state index contributed by atoms with van der Waals surface area (Å²) in [6, 6.07) is 0.255. The monoisotopic (exact) mass is 306 g/mol. The summed E-state index contributed by atoms with van der Waals surface area (Å²) in [6.07, 6.45) is 7.15. The van der Waals surface area contributed by atoms with Crippen LogP contribution in [0.1, 0.15) is 26.7 Å². The largest absolute Gasteiger partial charge is 0.379 e. The molecular formula is C18H30N2O2. The molecule has 1 rings (SSSR count). The number of carbonyl (C=O) groups is 1. The molecule has 4 nitrogen and oxygen atoms in total. The first-order chi connectivity index (χ1) is 10.5. The zero-order valence-corrected chi connectivity index (χ0v) is 14.1. The smallest absolute Gasteiger partial charge is 0.225 e. The molecule has 1 amide bonds. The van der Waals surface area contributed by atoms with Gasteiger partial charge in [0.25, 0.3) is 0 Å². The van der Waals surface area contributed by atoms with Gasteiger partial charge in [-0.05, 0) is 30.9 Å². The van der Waals surface area contributed by atoms with Gasteiger partial charge in [-0.2, -0.15) is 0 Å². The first-order valence-corrected chi connectivity index (χ1v) is 8.01. The topological polar surface area (TPSA) is 50.4 Å². The van der Waals surface area contributed by atoms with Gasteiger partial charge in [0.15, 0.2) is 0 Å². The Labute approximate surface area is 134 Å². The van der Waals surface area contributed by atoms with Crippen molar-refractivity contribution in [3.8, 4) is 0 Å². The van der Waals surface area contributed by atoms with Crippen LogP contribution in [0.4, 0.5) is 0 Å². The SMILES string of the molecule is C=C/C=C(\C=C)CCNC(=O)[C@H](C)[C@@H](OC)[C@@H]1CC(C)CN1. The minimum Gasteiger partial charge on any atom is -0.379 e. The van der Waals surface area contributed by atoms with Crippen molar-refractivity contribution < 1.29 is 9.53 Å². The molecule has 0 aromatic rings. The lowest BCUT2D eigenvalue weighted by molar-refractivity contribution is -0.129. The highest BCUT2D eigenvalue weighted by atomic mass is 16.5. The first kappa shape index (κ1) is 18.7. The highest BCUT2D eigenvalue weighted by Gasteiger charge is 2.34. The number of methoxy groups -OCH3 is 1. The van der Waals surface area contributed by atoms with Gasteiger partial charge in [0.05, 0.1) is 12.0 Å². The van der Waals surface area contributed by atoms with Gasteiger partial charge in [-0.3, -0.25) is 4.79 Å². The first-order valence-electron chi connectivity index (χ1n) is 8.01. The Bertz CT molecular complexity index is 417. The van der Waals surface area contributed by atoms with Crippen molar-refractivity contribution >= 4 is 5.91 Å². The summed E-state index contributed by atoms with van der Waals surface area (Å²) < 4.78 is 5.59. The molecule has 124 valence electrons. The molecule has 2 N–H and O–H groups in total. The third-order valence-corrected chi connectivity index (χ3v) is 4.27. The standard InChI is InChI=1S/C18H30N2O2/c1-6-8-15(7-2)9-10-19-18(21)14(4)17(22-5)16-11-13(3)12-20-16/h6-8,13-14,16-17,20H,1-2,9-12H2,3-5H3,(H,19,21)/b15-8+/t13?,14-,16+,17-/m1/s1. The average molecular weight is 306 g/mol. The number of ether oxygens (including phenoxy) is 1. The number of hydrogen-bond acceptors (Lipinski definition) is 3. The predicted molar refractivity (Wildman–Crippen MR) is 91.6 cm³/mol. The Kier molecular flexibility index (Phi) is 8.13. The van der Waals surface area contributed by atoms with Crippen LogP contribution >= 0.6 is 0 Å². The molecule has 1 aliphatic heterocycles. The zero-order chi connectivity index (χ0) is 16.5. The van der Waals surface area contributed by atoms with Crippen molar-refractivity contribution in [2.75, 3.05) is 20.2 Å². The van der Waals surface area contributed by atoms with E-state index in [4.69, 9.17) is 4.74 Å². The summed E-state index contributed by atoms with van der Waals surface area (Å²) in [4.78, 5) is 12.3. The number of nitrogens with one attached hydrogen (secondary N) is 2. The zero-order valence-electron chi connectivity index (χ0n) is 14.1. The quantitative estimate of drug-likeness (QED) is 0.643. The summed E-state index contributed by atoms with van der Waals surface area (Å²) in [7, 11) is 1.68. The number of hydrogen-bond donors (Lipinski definition) is 2. The van der Waals surface area contributed by atoms with Crippen LogP contribution in [0.25, 0.3) is 0 Å². The number of amides is 1. The lowest BCUT2D eigenvalue weighted by atomic mass is 9.93. The molecule has 0 spiro atoms. The maximum absolute atomic E-state index is 12.3. The van der Waals surface area contributed by atoms with Gasteiger partial charge in [-0.25, -0.2) is 0 Å². The molecule has 0 saturated carbocycles. The van der Waals surface area contributed by atoms with Crippen LogP contribution in [0, 0.1) is 11.8 Å². The van der Waals surface area contributed by atoms with Gasteiger partial charge in [-0.15, -0.1) is 0 Å². The minimum absolute atomic E-state index is 0.0372. The number of allylic oxidation sites excluding steroid dienone is 3. The van der Waals surface area contributed by atoms with Crippen LogP contribution in [0.5, 0.6) is 0 Å². The Morgan fingerprint density at radius 1 is 1.50 bits per heavy atom. The van der Waals surface area contributed by atoms with Crippen molar-refractivity contribution in [2.24, 2.45) is 11.8 Å². The third-order valence-electron chi connectivity index (χ3n) is 4.27. The molecule has 1 aliphatic rings. The maximum Gasteiger partial charge on any atom is 0.225 e. The van der Waals surface area contributed by atoms with Crippen LogP contribution in [0.3, 0.4) is 0 Å². The van der Waals surface area contributed by atoms with Crippen molar-refractivity contribution in [3.05, 3.63) is 37.0 Å². The highest BCUT2D eigenvalue weighted by molar-refractivity contribution is 5.79. The number of carbonyl (C=O) groups excluding carboxylic acids is 1. The molecule has 1 unspecified atom stereocenters. The fourth-order valence-corrected chi connectivity index (χ4v) is 2.96. The summed E-state index contributed by atoms with van der Waals surface area (Å²) in [5.74, 6) is 0.496. The third kappa shape index (κ3) is 5.43. The fraction of sp³-hybridized carbons (Fsp3) is 0.611. The van der Waals surface area contributed by atoms with Gasteiger partial charge in [0, 0.05) is 19.7 Å². The van der Waals surface area contributed by atoms with Gasteiger partial charge >= 0.3 is 0 Å². The second-order valence-electron chi connectivity index (χ2n) is 6.07. The Balaban J connectivity index is 2.47. The Hall–Kier alpha value is -1.39. The van der Waals surface area contributed by atoms with E-state index in [0.717, 1.165) is 25.0 Å². The van der Waals surface area contributed by atoms with Crippen molar-refractivity contribution in [1.29, 1.82) is 0 Å². The molecule has 4 atom stereocenters. The van der Waals surface area contributed by atoms with Gasteiger partial charge < -0.3 is 15.4 Å². The molecule has 0 aliphatic carbocycles. The molecule has 22 heavy (non-hydrogen) atoms. The molecular weight excluding hydrogens is 276 g/mol. The summed E-state index contributed by atoms with van der Waals surface area (Å²) in [5, 5.41) is 6.44. The summed E-state index contributed by atoms with van der Waals surface area (Å²) >= 11 is 0. The predicted octanol–water partition coefficient (Wildman–Crippen LogP) is 2.44. The lowest BCUT2D eigenvalue weighted by Crippen LogP contribution is -2.46. The summed E-state index contributed by atoms with van der Waals surface area (Å²) in [5.41, 5.74) is 1.07. The van der Waals surface area contributed by atoms with Crippen molar-refractivity contribution in [1.82, 2.24) is 10.6 Å². The van der Waals surface area contributed by atoms with E-state index in [0.29, 0.717) is 12.5 Å². The lowest BCUT2D eigenvalue weighted by Gasteiger charge is -2.27. The molecule has 1 heterocycles. The molecule has 0 radical (unpaired) electrons. The molecule has 4 heteroatoms. The molecule has 0 bridgehead atoms. The fourth-order valence-electron chi connectivity index (χ4n) is 2.96. The van der Waals surface area contributed by atoms with E-state index in [1.54, 1.807) is 19.3 Å². The van der Waals surface area contributed by atoms with Crippen molar-refractivity contribution in [3.63, 3.8) is 0 Å².